The molecule has 0 amide bonds. The molecule has 0 spiro atoms. The zero-order valence-electron chi connectivity index (χ0n) is 11.9. The molecule has 112 valence electrons. The smallest absolute Gasteiger partial charge is 0.161 e. The van der Waals surface area contributed by atoms with Gasteiger partial charge in [-0.1, -0.05) is 22.0 Å². The number of hydrogen-bond donors (Lipinski definition) is 0. The van der Waals surface area contributed by atoms with E-state index in [1.165, 1.54) is 0 Å². The molecule has 21 heavy (non-hydrogen) atoms. The van der Waals surface area contributed by atoms with Crippen molar-refractivity contribution in [1.29, 1.82) is 0 Å². The molecule has 5 heteroatoms. The van der Waals surface area contributed by atoms with E-state index in [1.54, 1.807) is 14.2 Å². The van der Waals surface area contributed by atoms with Crippen molar-refractivity contribution in [2.75, 3.05) is 14.2 Å². The van der Waals surface area contributed by atoms with Gasteiger partial charge in [0, 0.05) is 10.0 Å². The van der Waals surface area contributed by atoms with Crippen molar-refractivity contribution in [2.24, 2.45) is 0 Å². The Hall–Kier alpha value is -1.39. The van der Waals surface area contributed by atoms with Gasteiger partial charge in [-0.3, -0.25) is 0 Å². The first-order valence-electron chi connectivity index (χ1n) is 6.36. The van der Waals surface area contributed by atoms with Crippen LogP contribution in [-0.2, 0) is 12.5 Å². The van der Waals surface area contributed by atoms with Crippen molar-refractivity contribution in [3.63, 3.8) is 0 Å². The first-order chi connectivity index (χ1) is 10.2. The van der Waals surface area contributed by atoms with E-state index in [4.69, 9.17) is 25.8 Å². The molecule has 0 atom stereocenters. The molecule has 3 nitrogen and oxygen atoms in total. The van der Waals surface area contributed by atoms with E-state index in [-0.39, 0.29) is 0 Å². The largest absolute Gasteiger partial charge is 0.493 e. The summed E-state index contributed by atoms with van der Waals surface area (Å²) in [5.74, 6) is 2.57. The summed E-state index contributed by atoms with van der Waals surface area (Å²) in [4.78, 5) is 0. The third-order valence-electron chi connectivity index (χ3n) is 3.01. The number of benzene rings is 2. The topological polar surface area (TPSA) is 27.7 Å². The molecule has 0 saturated carbocycles. The lowest BCUT2D eigenvalue weighted by atomic mass is 10.2. The van der Waals surface area contributed by atoms with E-state index in [0.717, 1.165) is 21.3 Å². The molecule has 0 radical (unpaired) electrons. The summed E-state index contributed by atoms with van der Waals surface area (Å²) in [6, 6.07) is 11.5. The van der Waals surface area contributed by atoms with Crippen LogP contribution in [0.25, 0.3) is 0 Å². The highest BCUT2D eigenvalue weighted by Crippen LogP contribution is 2.29. The number of hydrogen-bond acceptors (Lipinski definition) is 3. The van der Waals surface area contributed by atoms with Gasteiger partial charge in [0.15, 0.2) is 11.5 Å². The third kappa shape index (κ3) is 4.05. The van der Waals surface area contributed by atoms with Crippen LogP contribution in [0.5, 0.6) is 17.2 Å². The van der Waals surface area contributed by atoms with Gasteiger partial charge in [-0.15, -0.1) is 11.6 Å². The minimum atomic E-state index is 0.403. The van der Waals surface area contributed by atoms with Crippen LogP contribution < -0.4 is 14.2 Å². The average molecular weight is 372 g/mol. The van der Waals surface area contributed by atoms with Gasteiger partial charge < -0.3 is 14.2 Å². The minimum absolute atomic E-state index is 0.403. The summed E-state index contributed by atoms with van der Waals surface area (Å²) < 4.78 is 17.3. The second-order valence-corrected chi connectivity index (χ2v) is 5.55. The standard InChI is InChI=1S/C16H16BrClO3/c1-19-15-5-3-11(7-16(15)20-2)10-21-14-6-4-13(17)8-12(14)9-18/h3-8H,9-10H2,1-2H3. The number of rotatable bonds is 6. The van der Waals surface area contributed by atoms with Crippen LogP contribution in [0.4, 0.5) is 0 Å². The van der Waals surface area contributed by atoms with Crippen molar-refractivity contribution < 1.29 is 14.2 Å². The van der Waals surface area contributed by atoms with E-state index in [9.17, 15) is 0 Å². The highest BCUT2D eigenvalue weighted by atomic mass is 79.9. The lowest BCUT2D eigenvalue weighted by Gasteiger charge is -2.12. The van der Waals surface area contributed by atoms with Crippen LogP contribution in [0.3, 0.4) is 0 Å². The molecule has 0 unspecified atom stereocenters. The second-order valence-electron chi connectivity index (χ2n) is 4.36. The fourth-order valence-corrected chi connectivity index (χ4v) is 2.54. The molecule has 2 rings (SSSR count). The molecule has 0 heterocycles. The number of methoxy groups -OCH3 is 2. The van der Waals surface area contributed by atoms with Crippen LogP contribution >= 0.6 is 27.5 Å². The lowest BCUT2D eigenvalue weighted by Crippen LogP contribution is -1.99. The van der Waals surface area contributed by atoms with Crippen molar-refractivity contribution in [3.8, 4) is 17.2 Å². The summed E-state index contributed by atoms with van der Waals surface area (Å²) in [6.07, 6.45) is 0. The molecule has 0 aromatic heterocycles. The molecule has 0 aliphatic heterocycles. The van der Waals surface area contributed by atoms with Crippen LogP contribution in [0.1, 0.15) is 11.1 Å². The van der Waals surface area contributed by atoms with Gasteiger partial charge in [0.25, 0.3) is 0 Å². The fraction of sp³-hybridized carbons (Fsp3) is 0.250. The molecule has 0 saturated heterocycles. The van der Waals surface area contributed by atoms with Crippen molar-refractivity contribution in [1.82, 2.24) is 0 Å². The van der Waals surface area contributed by atoms with E-state index < -0.39 is 0 Å². The second kappa shape index (κ2) is 7.57. The molecular weight excluding hydrogens is 356 g/mol. The molecule has 0 N–H and O–H groups in total. The maximum atomic E-state index is 5.94. The maximum Gasteiger partial charge on any atom is 0.161 e. The monoisotopic (exact) mass is 370 g/mol. The predicted molar refractivity (Wildman–Crippen MR) is 87.6 cm³/mol. The summed E-state index contributed by atoms with van der Waals surface area (Å²) in [6.45, 7) is 0.436. The quantitative estimate of drug-likeness (QED) is 0.684. The zero-order valence-corrected chi connectivity index (χ0v) is 14.2. The molecule has 0 bridgehead atoms. The van der Waals surface area contributed by atoms with Crippen molar-refractivity contribution in [2.45, 2.75) is 12.5 Å². The summed E-state index contributed by atoms with van der Waals surface area (Å²) in [7, 11) is 3.23. The molecule has 0 aliphatic rings. The van der Waals surface area contributed by atoms with Crippen LogP contribution in [0.15, 0.2) is 40.9 Å². The Bertz CT molecular complexity index is 616. The highest BCUT2D eigenvalue weighted by molar-refractivity contribution is 9.10. The Morgan fingerprint density at radius 2 is 1.67 bits per heavy atom. The summed E-state index contributed by atoms with van der Waals surface area (Å²) >= 11 is 9.36. The van der Waals surface area contributed by atoms with E-state index >= 15 is 0 Å². The Morgan fingerprint density at radius 3 is 2.33 bits per heavy atom. The molecule has 0 fully saturated rings. The molecule has 2 aromatic carbocycles. The average Bonchev–Trinajstić information content (AvgIpc) is 2.53. The lowest BCUT2D eigenvalue weighted by molar-refractivity contribution is 0.301. The van der Waals surface area contributed by atoms with Crippen LogP contribution in [0.2, 0.25) is 0 Å². The number of halogens is 2. The summed E-state index contributed by atoms with van der Waals surface area (Å²) in [5, 5.41) is 0. The number of alkyl halides is 1. The van der Waals surface area contributed by atoms with Gasteiger partial charge in [-0.05, 0) is 35.9 Å². The highest BCUT2D eigenvalue weighted by Gasteiger charge is 2.07. The Labute approximate surface area is 137 Å². The summed E-state index contributed by atoms with van der Waals surface area (Å²) in [5.41, 5.74) is 1.95. The molecule has 2 aromatic rings. The van der Waals surface area contributed by atoms with E-state index in [0.29, 0.717) is 24.0 Å². The van der Waals surface area contributed by atoms with Gasteiger partial charge >= 0.3 is 0 Å². The van der Waals surface area contributed by atoms with Crippen LogP contribution in [-0.4, -0.2) is 14.2 Å². The molecule has 0 aliphatic carbocycles. The minimum Gasteiger partial charge on any atom is -0.493 e. The van der Waals surface area contributed by atoms with E-state index in [1.807, 2.05) is 36.4 Å². The van der Waals surface area contributed by atoms with Gasteiger partial charge in [0.2, 0.25) is 0 Å². The van der Waals surface area contributed by atoms with Crippen molar-refractivity contribution in [3.05, 3.63) is 52.0 Å². The van der Waals surface area contributed by atoms with Gasteiger partial charge in [-0.2, -0.15) is 0 Å². The Balaban J connectivity index is 2.13. The Kier molecular flexibility index (Phi) is 5.76. The normalized spacial score (nSPS) is 10.3. The van der Waals surface area contributed by atoms with Crippen LogP contribution in [0, 0.1) is 0 Å². The fourth-order valence-electron chi connectivity index (χ4n) is 1.92. The Morgan fingerprint density at radius 1 is 0.952 bits per heavy atom. The maximum absolute atomic E-state index is 5.94. The van der Waals surface area contributed by atoms with E-state index in [2.05, 4.69) is 15.9 Å². The number of ether oxygens (including phenoxy) is 3. The van der Waals surface area contributed by atoms with Gasteiger partial charge in [-0.25, -0.2) is 0 Å². The predicted octanol–water partition coefficient (Wildman–Crippen LogP) is 4.78. The first-order valence-corrected chi connectivity index (χ1v) is 7.68. The third-order valence-corrected chi connectivity index (χ3v) is 3.79. The SMILES string of the molecule is COc1ccc(COc2ccc(Br)cc2CCl)cc1OC. The zero-order chi connectivity index (χ0) is 15.2. The van der Waals surface area contributed by atoms with Crippen molar-refractivity contribution >= 4 is 27.5 Å². The van der Waals surface area contributed by atoms with Gasteiger partial charge in [0.05, 0.1) is 20.1 Å². The van der Waals surface area contributed by atoms with Gasteiger partial charge in [0.1, 0.15) is 12.4 Å². The molecular formula is C16H16BrClO3. The first kappa shape index (κ1) is 16.0.